The largest absolute Gasteiger partial charge is 0.598 e. The first-order valence-corrected chi connectivity index (χ1v) is 7.75. The van der Waals surface area contributed by atoms with E-state index in [1.807, 2.05) is 0 Å². The van der Waals surface area contributed by atoms with Gasteiger partial charge in [-0.1, -0.05) is 11.6 Å². The molecule has 0 bridgehead atoms. The van der Waals surface area contributed by atoms with Crippen molar-refractivity contribution in [2.45, 2.75) is 44.7 Å². The summed E-state index contributed by atoms with van der Waals surface area (Å²) in [6.45, 7) is 1.42. The molecule has 0 saturated carbocycles. The fourth-order valence-electron chi connectivity index (χ4n) is 2.23. The van der Waals surface area contributed by atoms with Gasteiger partial charge in [-0.2, -0.15) is 0 Å². The molecule has 0 fully saturated rings. The van der Waals surface area contributed by atoms with E-state index in [1.54, 1.807) is 0 Å². The van der Waals surface area contributed by atoms with Gasteiger partial charge in [-0.05, 0) is 19.8 Å². The normalized spacial score (nSPS) is 21.8. The number of fused-ring (bicyclic) bond motifs is 1. The zero-order valence-corrected chi connectivity index (χ0v) is 11.9. The highest BCUT2D eigenvalue weighted by molar-refractivity contribution is 7.89. The van der Waals surface area contributed by atoms with E-state index in [1.165, 1.54) is 11.5 Å². The highest BCUT2D eigenvalue weighted by Crippen LogP contribution is 2.22. The number of aryl methyl sites for hydroxylation is 1. The summed E-state index contributed by atoms with van der Waals surface area (Å²) < 4.78 is 20.5. The average Bonchev–Trinajstić information content (AvgIpc) is 2.62. The van der Waals surface area contributed by atoms with Crippen LogP contribution in [0.25, 0.3) is 0 Å². The Morgan fingerprint density at radius 2 is 2.45 bits per heavy atom. The van der Waals surface area contributed by atoms with Crippen molar-refractivity contribution in [1.29, 1.82) is 0 Å². The van der Waals surface area contributed by atoms with Crippen LogP contribution in [0.15, 0.2) is 9.32 Å². The molecule has 0 aromatic carbocycles. The van der Waals surface area contributed by atoms with Crippen LogP contribution in [0.4, 0.5) is 0 Å². The Balaban J connectivity index is 2.07. The van der Waals surface area contributed by atoms with Crippen LogP contribution < -0.4 is 10.5 Å². The number of hydrogen-bond acceptors (Lipinski definition) is 6. The topological polar surface area (TPSA) is 120 Å². The Bertz CT molecular complexity index is 528. The zero-order valence-electron chi connectivity index (χ0n) is 11.1. The molecule has 0 radical (unpaired) electrons. The number of carboxylic acid groups (broad SMARTS) is 1. The third kappa shape index (κ3) is 3.41. The maximum absolute atomic E-state index is 12.0. The van der Waals surface area contributed by atoms with Crippen molar-refractivity contribution in [2.24, 2.45) is 0 Å². The Labute approximate surface area is 118 Å². The zero-order chi connectivity index (χ0) is 14.7. The minimum Gasteiger partial charge on any atom is -0.598 e. The molecule has 2 heterocycles. The van der Waals surface area contributed by atoms with Gasteiger partial charge < -0.3 is 9.66 Å². The van der Waals surface area contributed by atoms with Crippen LogP contribution in [0.2, 0.25) is 0 Å². The van der Waals surface area contributed by atoms with Crippen LogP contribution in [-0.4, -0.2) is 37.1 Å². The number of aromatic nitrogens is 2. The average molecular weight is 303 g/mol. The highest BCUT2D eigenvalue weighted by Gasteiger charge is 2.28. The molecule has 0 spiro atoms. The predicted molar refractivity (Wildman–Crippen MR) is 70.6 cm³/mol. The minimum absolute atomic E-state index is 0.158. The predicted octanol–water partition coefficient (Wildman–Crippen LogP) is -0.170. The van der Waals surface area contributed by atoms with Gasteiger partial charge in [0.15, 0.2) is 5.82 Å². The molecule has 112 valence electrons. The first-order valence-electron chi connectivity index (χ1n) is 6.43. The molecule has 3 atom stereocenters. The van der Waals surface area contributed by atoms with E-state index < -0.39 is 29.1 Å². The van der Waals surface area contributed by atoms with E-state index in [-0.39, 0.29) is 11.8 Å². The van der Waals surface area contributed by atoms with Crippen molar-refractivity contribution >= 4 is 17.3 Å². The van der Waals surface area contributed by atoms with Crippen molar-refractivity contribution in [3.63, 3.8) is 0 Å². The van der Waals surface area contributed by atoms with Gasteiger partial charge in [-0.3, -0.25) is 13.9 Å². The second-order valence-electron chi connectivity index (χ2n) is 4.82. The number of carboxylic acids is 1. The molecule has 0 amide bonds. The molecule has 1 aromatic heterocycles. The Hall–Kier alpha value is -1.32. The number of nitrogens with one attached hydrogen (secondary N) is 1. The summed E-state index contributed by atoms with van der Waals surface area (Å²) in [5, 5.41) is 12.5. The monoisotopic (exact) mass is 303 g/mol. The lowest BCUT2D eigenvalue weighted by molar-refractivity contribution is -0.138. The van der Waals surface area contributed by atoms with Gasteiger partial charge in [0.1, 0.15) is 11.8 Å². The SMILES string of the molecule is C[C@H](N[S+]([O-])CC1CCCCc2noc(=O)n21)C(=O)O. The first kappa shape index (κ1) is 15.1. The van der Waals surface area contributed by atoms with Crippen molar-refractivity contribution < 1.29 is 19.0 Å². The fraction of sp³-hybridized carbons (Fsp3) is 0.727. The molecule has 1 aliphatic heterocycles. The van der Waals surface area contributed by atoms with Crippen LogP contribution in [-0.2, 0) is 22.6 Å². The Kier molecular flexibility index (Phi) is 4.84. The quantitative estimate of drug-likeness (QED) is 0.724. The number of carbonyl (C=O) groups is 1. The number of aliphatic carboxylic acids is 1. The Morgan fingerprint density at radius 1 is 1.70 bits per heavy atom. The van der Waals surface area contributed by atoms with Crippen molar-refractivity contribution in [2.75, 3.05) is 5.75 Å². The maximum Gasteiger partial charge on any atom is 0.442 e. The molecular formula is C11H17N3O5S. The standard InChI is InChI=1S/C11H17N3O5S/c1-7(10(15)16)13-20(18)6-8-4-2-3-5-9-12-19-11(17)14(8)9/h7-8,13H,2-6H2,1H3,(H,15,16)/t7-,8?,20?/m0/s1. The summed E-state index contributed by atoms with van der Waals surface area (Å²) in [6, 6.07) is -1.18. The molecule has 0 aliphatic carbocycles. The lowest BCUT2D eigenvalue weighted by Gasteiger charge is -2.19. The van der Waals surface area contributed by atoms with Crippen molar-refractivity contribution in [3.05, 3.63) is 16.4 Å². The van der Waals surface area contributed by atoms with Crippen LogP contribution in [0.3, 0.4) is 0 Å². The third-order valence-electron chi connectivity index (χ3n) is 3.28. The van der Waals surface area contributed by atoms with E-state index >= 15 is 0 Å². The van der Waals surface area contributed by atoms with Crippen molar-refractivity contribution in [3.8, 4) is 0 Å². The van der Waals surface area contributed by atoms with Crippen LogP contribution in [0, 0.1) is 0 Å². The van der Waals surface area contributed by atoms with E-state index in [0.717, 1.165) is 12.8 Å². The number of hydrogen-bond donors (Lipinski definition) is 2. The molecule has 2 N–H and O–H groups in total. The van der Waals surface area contributed by atoms with Gasteiger partial charge in [-0.25, -0.2) is 4.79 Å². The fourth-order valence-corrected chi connectivity index (χ4v) is 3.49. The molecule has 2 unspecified atom stereocenters. The second kappa shape index (κ2) is 6.42. The molecule has 20 heavy (non-hydrogen) atoms. The molecule has 0 saturated heterocycles. The number of rotatable bonds is 5. The summed E-state index contributed by atoms with van der Waals surface area (Å²) in [5.41, 5.74) is 0. The van der Waals surface area contributed by atoms with E-state index in [4.69, 9.17) is 5.11 Å². The first-order chi connectivity index (χ1) is 9.49. The lowest BCUT2D eigenvalue weighted by atomic mass is 10.1. The van der Waals surface area contributed by atoms with E-state index in [2.05, 4.69) is 14.4 Å². The van der Waals surface area contributed by atoms with Crippen LogP contribution in [0.5, 0.6) is 0 Å². The highest BCUT2D eigenvalue weighted by atomic mass is 32.2. The van der Waals surface area contributed by atoms with Gasteiger partial charge in [-0.15, -0.1) is 4.72 Å². The molecular weight excluding hydrogens is 286 g/mol. The van der Waals surface area contributed by atoms with Crippen LogP contribution >= 0.6 is 0 Å². The van der Waals surface area contributed by atoms with Crippen molar-refractivity contribution in [1.82, 2.24) is 14.4 Å². The maximum atomic E-state index is 12.0. The Morgan fingerprint density at radius 3 is 3.15 bits per heavy atom. The van der Waals surface area contributed by atoms with Crippen LogP contribution in [0.1, 0.15) is 38.1 Å². The summed E-state index contributed by atoms with van der Waals surface area (Å²) in [7, 11) is 0. The van der Waals surface area contributed by atoms with Gasteiger partial charge >= 0.3 is 11.7 Å². The van der Waals surface area contributed by atoms with Gasteiger partial charge in [0.2, 0.25) is 0 Å². The molecule has 9 heteroatoms. The number of nitrogens with zero attached hydrogens (tertiary/aromatic N) is 2. The summed E-state index contributed by atoms with van der Waals surface area (Å²) in [6.07, 6.45) is 3.16. The summed E-state index contributed by atoms with van der Waals surface area (Å²) in [4.78, 5) is 22.4. The molecule has 1 aromatic rings. The summed E-state index contributed by atoms with van der Waals surface area (Å²) in [5.74, 6) is -0.885. The van der Waals surface area contributed by atoms with E-state index in [9.17, 15) is 14.1 Å². The molecule has 2 rings (SSSR count). The van der Waals surface area contributed by atoms with Gasteiger partial charge in [0.05, 0.1) is 6.04 Å². The van der Waals surface area contributed by atoms with Gasteiger partial charge in [0.25, 0.3) is 0 Å². The smallest absolute Gasteiger partial charge is 0.442 e. The van der Waals surface area contributed by atoms with Gasteiger partial charge in [0, 0.05) is 17.8 Å². The molecule has 1 aliphatic rings. The third-order valence-corrected chi connectivity index (χ3v) is 4.58. The van der Waals surface area contributed by atoms with E-state index in [0.29, 0.717) is 18.7 Å². The second-order valence-corrected chi connectivity index (χ2v) is 6.08. The lowest BCUT2D eigenvalue weighted by Crippen LogP contribution is -2.41. The molecule has 8 nitrogen and oxygen atoms in total. The minimum atomic E-state index is -1.54. The summed E-state index contributed by atoms with van der Waals surface area (Å²) >= 11 is -1.54.